The summed E-state index contributed by atoms with van der Waals surface area (Å²) >= 11 is 0. The number of hydrogen-bond donors (Lipinski definition) is 0. The lowest BCUT2D eigenvalue weighted by atomic mass is 10.1. The van der Waals surface area contributed by atoms with E-state index in [0.717, 1.165) is 57.9 Å². The van der Waals surface area contributed by atoms with Gasteiger partial charge in [0.05, 0.1) is 19.4 Å². The summed E-state index contributed by atoms with van der Waals surface area (Å²) in [5, 5.41) is 0. The second-order valence-electron chi connectivity index (χ2n) is 11.9. The first-order chi connectivity index (χ1) is 19.5. The van der Waals surface area contributed by atoms with Gasteiger partial charge >= 0.3 is 0 Å². The summed E-state index contributed by atoms with van der Waals surface area (Å²) in [6.07, 6.45) is 10.4. The van der Waals surface area contributed by atoms with E-state index in [-0.39, 0.29) is 24.6 Å². The molecule has 0 aliphatic carbocycles. The molecule has 1 aromatic carbocycles. The van der Waals surface area contributed by atoms with Crippen molar-refractivity contribution >= 4 is 5.69 Å². The van der Waals surface area contributed by atoms with Crippen LogP contribution < -0.4 is 9.64 Å². The second-order valence-corrected chi connectivity index (χ2v) is 11.9. The van der Waals surface area contributed by atoms with Gasteiger partial charge in [-0.1, -0.05) is 64.0 Å². The number of para-hydroxylation sites is 2. The fourth-order valence-corrected chi connectivity index (χ4v) is 6.03. The zero-order valence-corrected chi connectivity index (χ0v) is 25.5. The summed E-state index contributed by atoms with van der Waals surface area (Å²) in [5.41, 5.74) is 1.19. The zero-order chi connectivity index (χ0) is 28.2. The molecule has 40 heavy (non-hydrogen) atoms. The highest BCUT2D eigenvalue weighted by Crippen LogP contribution is 2.39. The van der Waals surface area contributed by atoms with Gasteiger partial charge in [0.25, 0.3) is 0 Å². The Morgan fingerprint density at radius 3 is 2.35 bits per heavy atom. The molecular formula is C32H54N2O6. The van der Waals surface area contributed by atoms with Crippen molar-refractivity contribution < 1.29 is 28.4 Å². The number of anilines is 1. The highest BCUT2D eigenvalue weighted by molar-refractivity contribution is 5.58. The summed E-state index contributed by atoms with van der Waals surface area (Å²) in [4.78, 5) is 4.94. The minimum absolute atomic E-state index is 0.153. The molecule has 0 N–H and O–H groups in total. The highest BCUT2D eigenvalue weighted by atomic mass is 16.8. The Balaban J connectivity index is 1.11. The number of fused-ring (bicyclic) bond motifs is 1. The topological polar surface area (TPSA) is 61.9 Å². The van der Waals surface area contributed by atoms with Gasteiger partial charge < -0.3 is 33.3 Å². The largest absolute Gasteiger partial charge is 0.495 e. The van der Waals surface area contributed by atoms with Gasteiger partial charge in [-0.05, 0) is 38.8 Å². The van der Waals surface area contributed by atoms with E-state index in [2.05, 4.69) is 28.9 Å². The molecule has 0 radical (unpaired) electrons. The van der Waals surface area contributed by atoms with Crippen LogP contribution in [0.1, 0.15) is 78.6 Å². The van der Waals surface area contributed by atoms with Gasteiger partial charge in [-0.3, -0.25) is 4.90 Å². The molecule has 0 spiro atoms. The van der Waals surface area contributed by atoms with Crippen LogP contribution in [0.15, 0.2) is 24.3 Å². The Morgan fingerprint density at radius 2 is 1.60 bits per heavy atom. The number of hydrogen-bond acceptors (Lipinski definition) is 8. The second kappa shape index (κ2) is 16.3. The lowest BCUT2D eigenvalue weighted by molar-refractivity contribution is -0.223. The van der Waals surface area contributed by atoms with E-state index in [9.17, 15) is 0 Å². The summed E-state index contributed by atoms with van der Waals surface area (Å²) < 4.78 is 36.4. The molecule has 0 saturated carbocycles. The molecule has 3 fully saturated rings. The molecule has 0 amide bonds. The number of methoxy groups -OCH3 is 1. The first kappa shape index (κ1) is 31.5. The molecule has 0 aromatic heterocycles. The molecule has 4 atom stereocenters. The monoisotopic (exact) mass is 562 g/mol. The molecule has 1 aromatic rings. The average Bonchev–Trinajstić information content (AvgIpc) is 3.43. The van der Waals surface area contributed by atoms with E-state index in [0.29, 0.717) is 13.2 Å². The number of nitrogens with zero attached hydrogens (tertiary/aromatic N) is 2. The van der Waals surface area contributed by atoms with Gasteiger partial charge in [0.1, 0.15) is 24.1 Å². The van der Waals surface area contributed by atoms with Gasteiger partial charge in [0.15, 0.2) is 12.1 Å². The van der Waals surface area contributed by atoms with Crippen LogP contribution in [0.2, 0.25) is 0 Å². The molecular weight excluding hydrogens is 508 g/mol. The van der Waals surface area contributed by atoms with Crippen LogP contribution in [0.4, 0.5) is 5.69 Å². The Kier molecular flexibility index (Phi) is 12.8. The third-order valence-corrected chi connectivity index (χ3v) is 8.24. The van der Waals surface area contributed by atoms with E-state index in [1.54, 1.807) is 7.11 Å². The Bertz CT molecular complexity index is 846. The Morgan fingerprint density at radius 1 is 0.875 bits per heavy atom. The van der Waals surface area contributed by atoms with Gasteiger partial charge in [-0.25, -0.2) is 0 Å². The fourth-order valence-electron chi connectivity index (χ4n) is 6.03. The van der Waals surface area contributed by atoms with Gasteiger partial charge in [0, 0.05) is 45.9 Å². The molecule has 3 heterocycles. The van der Waals surface area contributed by atoms with E-state index >= 15 is 0 Å². The van der Waals surface area contributed by atoms with Crippen molar-refractivity contribution in [2.24, 2.45) is 0 Å². The quantitative estimate of drug-likeness (QED) is 0.214. The van der Waals surface area contributed by atoms with Crippen LogP contribution >= 0.6 is 0 Å². The first-order valence-corrected chi connectivity index (χ1v) is 15.8. The van der Waals surface area contributed by atoms with E-state index in [4.69, 9.17) is 28.4 Å². The standard InChI is InChI=1S/C32H54N2O6/c1-5-6-7-8-9-10-11-14-24-37-29-28(38-31-30(29)39-32(2,3)40-31)25-36-23-15-18-33-19-21-34(22-20-33)26-16-12-13-17-27(26)35-4/h12-13,16-17,28-31H,5-11,14-15,18-25H2,1-4H3/t28-,29-,30-,31-/m1/s1. The van der Waals surface area contributed by atoms with Crippen molar-refractivity contribution in [1.29, 1.82) is 0 Å². The summed E-state index contributed by atoms with van der Waals surface area (Å²) in [5.74, 6) is 0.304. The molecule has 3 aliphatic rings. The minimum Gasteiger partial charge on any atom is -0.495 e. The van der Waals surface area contributed by atoms with Crippen molar-refractivity contribution in [3.63, 3.8) is 0 Å². The zero-order valence-electron chi connectivity index (χ0n) is 25.5. The average molecular weight is 563 g/mol. The smallest absolute Gasteiger partial charge is 0.190 e. The van der Waals surface area contributed by atoms with Crippen LogP contribution in [-0.4, -0.2) is 94.9 Å². The molecule has 8 nitrogen and oxygen atoms in total. The summed E-state index contributed by atoms with van der Waals surface area (Å²) in [6, 6.07) is 8.28. The fraction of sp³-hybridized carbons (Fsp3) is 0.812. The molecule has 0 bridgehead atoms. The van der Waals surface area contributed by atoms with Crippen molar-refractivity contribution in [1.82, 2.24) is 4.90 Å². The predicted molar refractivity (Wildman–Crippen MR) is 158 cm³/mol. The van der Waals surface area contributed by atoms with Crippen LogP contribution in [-0.2, 0) is 23.7 Å². The van der Waals surface area contributed by atoms with Crippen molar-refractivity contribution in [3.05, 3.63) is 24.3 Å². The van der Waals surface area contributed by atoms with E-state index < -0.39 is 5.79 Å². The van der Waals surface area contributed by atoms with Crippen LogP contribution in [0.5, 0.6) is 5.75 Å². The van der Waals surface area contributed by atoms with Crippen molar-refractivity contribution in [2.45, 2.75) is 109 Å². The maximum absolute atomic E-state index is 6.35. The maximum atomic E-state index is 6.35. The molecule has 8 heteroatoms. The number of rotatable bonds is 18. The number of ether oxygens (including phenoxy) is 6. The molecule has 4 rings (SSSR count). The Hall–Kier alpha value is -1.42. The lowest BCUT2D eigenvalue weighted by Gasteiger charge is -2.36. The number of benzene rings is 1. The highest BCUT2D eigenvalue weighted by Gasteiger charge is 2.55. The predicted octanol–water partition coefficient (Wildman–Crippen LogP) is 5.63. The molecule has 3 aliphatic heterocycles. The number of piperazine rings is 1. The van der Waals surface area contributed by atoms with Crippen molar-refractivity contribution in [3.8, 4) is 5.75 Å². The lowest BCUT2D eigenvalue weighted by Crippen LogP contribution is -2.46. The van der Waals surface area contributed by atoms with Crippen LogP contribution in [0.25, 0.3) is 0 Å². The molecule has 228 valence electrons. The number of unbranched alkanes of at least 4 members (excludes halogenated alkanes) is 7. The summed E-state index contributed by atoms with van der Waals surface area (Å²) in [6.45, 7) is 13.2. The third kappa shape index (κ3) is 9.30. The van der Waals surface area contributed by atoms with Gasteiger partial charge in [-0.2, -0.15) is 0 Å². The summed E-state index contributed by atoms with van der Waals surface area (Å²) in [7, 11) is 1.74. The van der Waals surface area contributed by atoms with E-state index in [1.807, 2.05) is 26.0 Å². The van der Waals surface area contributed by atoms with Crippen LogP contribution in [0.3, 0.4) is 0 Å². The molecule has 0 unspecified atom stereocenters. The van der Waals surface area contributed by atoms with Gasteiger partial charge in [0.2, 0.25) is 0 Å². The first-order valence-electron chi connectivity index (χ1n) is 15.8. The SMILES string of the molecule is CCCCCCCCCCO[C@H]1[C@H]2OC(C)(C)O[C@H]2O[C@@H]1COCCCN1CCN(c2ccccc2OC)CC1. The van der Waals surface area contributed by atoms with Crippen LogP contribution in [0, 0.1) is 0 Å². The minimum atomic E-state index is -0.642. The molecule has 3 saturated heterocycles. The van der Waals surface area contributed by atoms with Crippen molar-refractivity contribution in [2.75, 3.05) is 64.6 Å². The van der Waals surface area contributed by atoms with E-state index in [1.165, 1.54) is 50.6 Å². The Labute approximate surface area is 242 Å². The maximum Gasteiger partial charge on any atom is 0.190 e. The third-order valence-electron chi connectivity index (χ3n) is 8.24. The van der Waals surface area contributed by atoms with Gasteiger partial charge in [-0.15, -0.1) is 0 Å². The normalized spacial score (nSPS) is 26.4.